The lowest BCUT2D eigenvalue weighted by Crippen LogP contribution is -2.30. The Hall–Kier alpha value is -2.47. The van der Waals surface area contributed by atoms with Gasteiger partial charge in [0.1, 0.15) is 16.8 Å². The van der Waals surface area contributed by atoms with Gasteiger partial charge in [-0.1, -0.05) is 26.0 Å². The molecule has 0 aliphatic carbocycles. The summed E-state index contributed by atoms with van der Waals surface area (Å²) in [4.78, 5) is 12.5. The normalized spacial score (nSPS) is 12.4. The maximum Gasteiger partial charge on any atom is 0.265 e. The van der Waals surface area contributed by atoms with Crippen molar-refractivity contribution in [3.63, 3.8) is 0 Å². The van der Waals surface area contributed by atoms with Gasteiger partial charge in [-0.3, -0.25) is 4.79 Å². The Bertz CT molecular complexity index is 905. The second kappa shape index (κ2) is 7.19. The van der Waals surface area contributed by atoms with Crippen molar-refractivity contribution in [3.8, 4) is 5.75 Å². The Morgan fingerprint density at radius 1 is 1.08 bits per heavy atom. The summed E-state index contributed by atoms with van der Waals surface area (Å²) in [6.45, 7) is 7.99. The van der Waals surface area contributed by atoms with Gasteiger partial charge in [-0.15, -0.1) is 0 Å². The van der Waals surface area contributed by atoms with Crippen LogP contribution in [0.5, 0.6) is 5.75 Å². The summed E-state index contributed by atoms with van der Waals surface area (Å²) in [5.41, 5.74) is 4.49. The second-order valence-electron chi connectivity index (χ2n) is 6.41. The van der Waals surface area contributed by atoms with E-state index in [1.54, 1.807) is 6.92 Å². The number of nitrogens with one attached hydrogen (secondary N) is 1. The third kappa shape index (κ3) is 3.96. The van der Waals surface area contributed by atoms with Crippen molar-refractivity contribution in [2.24, 2.45) is 0 Å². The lowest BCUT2D eigenvalue weighted by atomic mass is 10.0. The number of anilines is 1. The smallest absolute Gasteiger partial charge is 0.265 e. The molecule has 6 heteroatoms. The maximum absolute atomic E-state index is 12.5. The molecule has 0 aliphatic heterocycles. The van der Waals surface area contributed by atoms with E-state index in [1.807, 2.05) is 31.2 Å². The number of hydrogen-bond acceptors (Lipinski definition) is 5. The molecule has 0 radical (unpaired) electrons. The van der Waals surface area contributed by atoms with Gasteiger partial charge in [0.05, 0.1) is 11.7 Å². The summed E-state index contributed by atoms with van der Waals surface area (Å²) in [5, 5.41) is 2.88. The molecule has 5 nitrogen and oxygen atoms in total. The number of aryl methyl sites for hydroxylation is 1. The van der Waals surface area contributed by atoms with Crippen LogP contribution in [0.2, 0.25) is 0 Å². The predicted octanol–water partition coefficient (Wildman–Crippen LogP) is 4.53. The number of aromatic nitrogens is 2. The van der Waals surface area contributed by atoms with Crippen LogP contribution in [0.1, 0.15) is 37.8 Å². The summed E-state index contributed by atoms with van der Waals surface area (Å²) in [6, 6.07) is 11.6. The third-order valence-electron chi connectivity index (χ3n) is 3.99. The number of rotatable bonds is 5. The molecule has 2 aromatic carbocycles. The molecule has 3 rings (SSSR count). The molecule has 1 unspecified atom stereocenters. The Labute approximate surface area is 151 Å². The molecular formula is C19H21N3O2S. The van der Waals surface area contributed by atoms with Crippen LogP contribution in [-0.2, 0) is 4.79 Å². The zero-order valence-electron chi connectivity index (χ0n) is 14.7. The maximum atomic E-state index is 12.5. The van der Waals surface area contributed by atoms with Gasteiger partial charge in [-0.25, -0.2) is 0 Å². The quantitative estimate of drug-likeness (QED) is 0.730. The van der Waals surface area contributed by atoms with E-state index in [9.17, 15) is 4.79 Å². The molecule has 3 aromatic rings. The van der Waals surface area contributed by atoms with Crippen molar-refractivity contribution in [2.45, 2.75) is 39.7 Å². The first kappa shape index (κ1) is 17.4. The van der Waals surface area contributed by atoms with E-state index in [0.717, 1.165) is 39.6 Å². The number of nitrogens with zero attached hydrogens (tertiary/aromatic N) is 2. The molecule has 1 amide bonds. The van der Waals surface area contributed by atoms with E-state index < -0.39 is 6.10 Å². The Balaban J connectivity index is 1.73. The fourth-order valence-corrected chi connectivity index (χ4v) is 3.09. The van der Waals surface area contributed by atoms with Crippen LogP contribution in [0.3, 0.4) is 0 Å². The van der Waals surface area contributed by atoms with E-state index >= 15 is 0 Å². The van der Waals surface area contributed by atoms with Crippen molar-refractivity contribution in [2.75, 3.05) is 5.32 Å². The van der Waals surface area contributed by atoms with Crippen molar-refractivity contribution in [1.82, 2.24) is 8.75 Å². The number of hydrogen-bond donors (Lipinski definition) is 1. The van der Waals surface area contributed by atoms with E-state index in [-0.39, 0.29) is 5.91 Å². The van der Waals surface area contributed by atoms with E-state index in [2.05, 4.69) is 40.0 Å². The van der Waals surface area contributed by atoms with Crippen molar-refractivity contribution in [1.29, 1.82) is 0 Å². The first-order valence-corrected chi connectivity index (χ1v) is 8.97. The summed E-state index contributed by atoms with van der Waals surface area (Å²) in [6.07, 6.45) is -0.608. The van der Waals surface area contributed by atoms with Crippen LogP contribution >= 0.6 is 11.7 Å². The average molecular weight is 355 g/mol. The molecule has 0 saturated carbocycles. The molecule has 0 spiro atoms. The first-order valence-electron chi connectivity index (χ1n) is 8.24. The van der Waals surface area contributed by atoms with Crippen LogP contribution in [0.25, 0.3) is 11.0 Å². The topological polar surface area (TPSA) is 64.1 Å². The van der Waals surface area contributed by atoms with Gasteiger partial charge in [-0.2, -0.15) is 8.75 Å². The summed E-state index contributed by atoms with van der Waals surface area (Å²) in [5.74, 6) is 0.890. The van der Waals surface area contributed by atoms with Crippen molar-refractivity contribution in [3.05, 3.63) is 47.5 Å². The molecule has 1 aromatic heterocycles. The lowest BCUT2D eigenvalue weighted by Gasteiger charge is -2.19. The van der Waals surface area contributed by atoms with Crippen LogP contribution < -0.4 is 10.1 Å². The molecule has 1 atom stereocenters. The highest BCUT2D eigenvalue weighted by Gasteiger charge is 2.18. The average Bonchev–Trinajstić information content (AvgIpc) is 3.02. The molecule has 0 bridgehead atoms. The van der Waals surface area contributed by atoms with Gasteiger partial charge in [0.25, 0.3) is 5.91 Å². The Morgan fingerprint density at radius 3 is 2.60 bits per heavy atom. The minimum absolute atomic E-state index is 0.196. The van der Waals surface area contributed by atoms with Gasteiger partial charge >= 0.3 is 0 Å². The fraction of sp³-hybridized carbons (Fsp3) is 0.316. The van der Waals surface area contributed by atoms with E-state index in [0.29, 0.717) is 11.6 Å². The van der Waals surface area contributed by atoms with E-state index in [1.165, 1.54) is 0 Å². The predicted molar refractivity (Wildman–Crippen MR) is 101 cm³/mol. The molecule has 1 N–H and O–H groups in total. The molecule has 0 aliphatic rings. The van der Waals surface area contributed by atoms with Gasteiger partial charge in [0.15, 0.2) is 6.10 Å². The number of ether oxygens (including phenoxy) is 1. The Morgan fingerprint density at radius 2 is 1.84 bits per heavy atom. The lowest BCUT2D eigenvalue weighted by molar-refractivity contribution is -0.122. The fourth-order valence-electron chi connectivity index (χ4n) is 2.57. The van der Waals surface area contributed by atoms with Gasteiger partial charge in [0, 0.05) is 5.69 Å². The Kier molecular flexibility index (Phi) is 4.99. The highest BCUT2D eigenvalue weighted by atomic mass is 32.1. The monoisotopic (exact) mass is 355 g/mol. The summed E-state index contributed by atoms with van der Waals surface area (Å²) >= 11 is 1.16. The SMILES string of the molecule is Cc1ccc(C(C)C)c(OC(C)C(=O)Nc2ccc3nsnc3c2)c1. The highest BCUT2D eigenvalue weighted by molar-refractivity contribution is 7.00. The molecule has 0 fully saturated rings. The standard InChI is InChI=1S/C19H21N3O2S/c1-11(2)15-7-5-12(3)9-18(15)24-13(4)19(23)20-14-6-8-16-17(10-14)22-25-21-16/h5-11,13H,1-4H3,(H,20,23). The third-order valence-corrected chi connectivity index (χ3v) is 4.54. The van der Waals surface area contributed by atoms with Crippen molar-refractivity contribution < 1.29 is 9.53 Å². The first-order chi connectivity index (χ1) is 11.9. The largest absolute Gasteiger partial charge is 0.481 e. The molecule has 130 valence electrons. The van der Waals surface area contributed by atoms with Crippen LogP contribution in [0.4, 0.5) is 5.69 Å². The molecule has 1 heterocycles. The zero-order valence-corrected chi connectivity index (χ0v) is 15.6. The number of fused-ring (bicyclic) bond motifs is 1. The number of benzene rings is 2. The van der Waals surface area contributed by atoms with Crippen LogP contribution in [0, 0.1) is 6.92 Å². The molecular weight excluding hydrogens is 334 g/mol. The van der Waals surface area contributed by atoms with Gasteiger partial charge in [-0.05, 0) is 55.2 Å². The highest BCUT2D eigenvalue weighted by Crippen LogP contribution is 2.28. The minimum atomic E-state index is -0.608. The number of carbonyl (C=O) groups excluding carboxylic acids is 1. The summed E-state index contributed by atoms with van der Waals surface area (Å²) < 4.78 is 14.3. The van der Waals surface area contributed by atoms with E-state index in [4.69, 9.17) is 4.74 Å². The molecule has 0 saturated heterocycles. The number of amides is 1. The molecule has 25 heavy (non-hydrogen) atoms. The van der Waals surface area contributed by atoms with Gasteiger partial charge < -0.3 is 10.1 Å². The van der Waals surface area contributed by atoms with Crippen LogP contribution in [-0.4, -0.2) is 20.8 Å². The zero-order chi connectivity index (χ0) is 18.0. The summed E-state index contributed by atoms with van der Waals surface area (Å²) in [7, 11) is 0. The van der Waals surface area contributed by atoms with Crippen molar-refractivity contribution >= 4 is 34.4 Å². The number of carbonyl (C=O) groups is 1. The second-order valence-corrected chi connectivity index (χ2v) is 6.94. The minimum Gasteiger partial charge on any atom is -0.481 e. The van der Waals surface area contributed by atoms with Gasteiger partial charge in [0.2, 0.25) is 0 Å². The van der Waals surface area contributed by atoms with Crippen LogP contribution in [0.15, 0.2) is 36.4 Å².